The molecule has 1 aromatic carbocycles. The smallest absolute Gasteiger partial charge is 0.314 e. The van der Waals surface area contributed by atoms with Gasteiger partial charge >= 0.3 is 6.03 Å². The average molecular weight is 301 g/mol. The fourth-order valence-corrected chi connectivity index (χ4v) is 2.35. The number of hydrogen-bond donors (Lipinski definition) is 2. The molecule has 0 aliphatic heterocycles. The number of amides is 2. The van der Waals surface area contributed by atoms with E-state index in [1.807, 2.05) is 30.3 Å². The van der Waals surface area contributed by atoms with Gasteiger partial charge in [0.25, 0.3) is 0 Å². The number of aromatic nitrogens is 1. The van der Waals surface area contributed by atoms with E-state index in [1.165, 1.54) is 0 Å². The largest absolute Gasteiger partial charge is 0.338 e. The molecule has 22 heavy (non-hydrogen) atoms. The number of pyridine rings is 1. The number of nitrogens with one attached hydrogen (secondary N) is 2. The summed E-state index contributed by atoms with van der Waals surface area (Å²) >= 11 is 0. The van der Waals surface area contributed by atoms with E-state index < -0.39 is 6.67 Å². The first-order valence-corrected chi connectivity index (χ1v) is 7.30. The van der Waals surface area contributed by atoms with Crippen molar-refractivity contribution in [3.8, 4) is 11.3 Å². The molecular formula is C17H20FN3O. The van der Waals surface area contributed by atoms with Crippen LogP contribution in [0.1, 0.15) is 11.1 Å². The van der Waals surface area contributed by atoms with Gasteiger partial charge in [-0.15, -0.1) is 0 Å². The van der Waals surface area contributed by atoms with Gasteiger partial charge in [0.05, 0.1) is 5.69 Å². The van der Waals surface area contributed by atoms with Crippen LogP contribution >= 0.6 is 0 Å². The van der Waals surface area contributed by atoms with Crippen molar-refractivity contribution in [3.63, 3.8) is 0 Å². The Labute approximate surface area is 129 Å². The van der Waals surface area contributed by atoms with E-state index in [-0.39, 0.29) is 12.6 Å². The van der Waals surface area contributed by atoms with Crippen LogP contribution in [0.2, 0.25) is 0 Å². The Morgan fingerprint density at radius 3 is 2.68 bits per heavy atom. The number of hydrogen-bond acceptors (Lipinski definition) is 2. The van der Waals surface area contributed by atoms with Crippen LogP contribution in [0.5, 0.6) is 0 Å². The summed E-state index contributed by atoms with van der Waals surface area (Å²) in [6.07, 6.45) is 2.46. The number of alkyl halides is 1. The molecule has 4 nitrogen and oxygen atoms in total. The number of rotatable bonds is 6. The molecule has 2 N–H and O–H groups in total. The van der Waals surface area contributed by atoms with E-state index in [0.29, 0.717) is 13.0 Å². The van der Waals surface area contributed by atoms with E-state index in [1.54, 1.807) is 6.20 Å². The Kier molecular flexibility index (Phi) is 5.89. The van der Waals surface area contributed by atoms with E-state index in [4.69, 9.17) is 0 Å². The molecule has 2 amide bonds. The van der Waals surface area contributed by atoms with Crippen molar-refractivity contribution >= 4 is 6.03 Å². The summed E-state index contributed by atoms with van der Waals surface area (Å²) in [7, 11) is 0. The molecule has 0 spiro atoms. The second-order valence-electron chi connectivity index (χ2n) is 4.95. The Hall–Kier alpha value is -2.43. The fraction of sp³-hybridized carbons (Fsp3) is 0.294. The number of carbonyl (C=O) groups excluding carboxylic acids is 1. The van der Waals surface area contributed by atoms with Crippen LogP contribution in [-0.4, -0.2) is 30.8 Å². The third-order valence-electron chi connectivity index (χ3n) is 3.34. The quantitative estimate of drug-likeness (QED) is 0.862. The molecule has 0 atom stereocenters. The van der Waals surface area contributed by atoms with Crippen LogP contribution in [0.15, 0.2) is 42.6 Å². The third kappa shape index (κ3) is 4.28. The zero-order chi connectivity index (χ0) is 15.8. The first kappa shape index (κ1) is 15.9. The summed E-state index contributed by atoms with van der Waals surface area (Å²) in [5, 5.41) is 5.17. The molecule has 5 heteroatoms. The minimum Gasteiger partial charge on any atom is -0.338 e. The molecule has 0 saturated heterocycles. The average Bonchev–Trinajstić information content (AvgIpc) is 2.54. The van der Waals surface area contributed by atoms with E-state index in [2.05, 4.69) is 28.6 Å². The molecule has 2 aromatic rings. The molecule has 2 rings (SSSR count). The van der Waals surface area contributed by atoms with Crippen molar-refractivity contribution in [3.05, 3.63) is 53.7 Å². The van der Waals surface area contributed by atoms with Crippen LogP contribution in [0.4, 0.5) is 9.18 Å². The predicted octanol–water partition coefficient (Wildman–Crippen LogP) is 2.87. The topological polar surface area (TPSA) is 54.0 Å². The highest BCUT2D eigenvalue weighted by Gasteiger charge is 2.09. The van der Waals surface area contributed by atoms with Gasteiger partial charge in [-0.3, -0.25) is 4.98 Å². The maximum atomic E-state index is 12.0. The molecule has 0 bridgehead atoms. The van der Waals surface area contributed by atoms with Crippen molar-refractivity contribution in [2.24, 2.45) is 0 Å². The summed E-state index contributed by atoms with van der Waals surface area (Å²) in [4.78, 5) is 15.8. The molecule has 0 unspecified atom stereocenters. The molecule has 0 fully saturated rings. The monoisotopic (exact) mass is 301 g/mol. The van der Waals surface area contributed by atoms with Gasteiger partial charge in [-0.2, -0.15) is 0 Å². The highest BCUT2D eigenvalue weighted by molar-refractivity contribution is 5.74. The molecule has 0 saturated carbocycles. The number of nitrogens with zero attached hydrogens (tertiary/aromatic N) is 1. The van der Waals surface area contributed by atoms with Crippen molar-refractivity contribution in [1.29, 1.82) is 0 Å². The van der Waals surface area contributed by atoms with Crippen LogP contribution in [0, 0.1) is 6.92 Å². The maximum Gasteiger partial charge on any atom is 0.314 e. The number of urea groups is 1. The Morgan fingerprint density at radius 1 is 1.14 bits per heavy atom. The minimum absolute atomic E-state index is 0.0372. The molecule has 0 aliphatic rings. The highest BCUT2D eigenvalue weighted by atomic mass is 19.1. The second kappa shape index (κ2) is 8.12. The van der Waals surface area contributed by atoms with Crippen molar-refractivity contribution in [1.82, 2.24) is 15.6 Å². The molecule has 0 aliphatic carbocycles. The van der Waals surface area contributed by atoms with Crippen molar-refractivity contribution in [2.75, 3.05) is 19.8 Å². The maximum absolute atomic E-state index is 12.0. The van der Waals surface area contributed by atoms with E-state index >= 15 is 0 Å². The van der Waals surface area contributed by atoms with E-state index in [0.717, 1.165) is 22.4 Å². The lowest BCUT2D eigenvalue weighted by atomic mass is 9.96. The van der Waals surface area contributed by atoms with Crippen LogP contribution in [0.25, 0.3) is 11.3 Å². The van der Waals surface area contributed by atoms with Gasteiger partial charge < -0.3 is 10.6 Å². The summed E-state index contributed by atoms with van der Waals surface area (Å²) in [6, 6.07) is 11.6. The minimum atomic E-state index is -0.560. The van der Waals surface area contributed by atoms with Gasteiger partial charge in [-0.05, 0) is 36.6 Å². The molecule has 1 aromatic heterocycles. The Balaban J connectivity index is 2.06. The number of aryl methyl sites for hydroxylation is 1. The SMILES string of the molecule is Cc1cccc(CCNC(=O)NCCF)c1-c1ccccn1. The lowest BCUT2D eigenvalue weighted by molar-refractivity contribution is 0.240. The van der Waals surface area contributed by atoms with Gasteiger partial charge in [0, 0.05) is 24.8 Å². The highest BCUT2D eigenvalue weighted by Crippen LogP contribution is 2.25. The van der Waals surface area contributed by atoms with Gasteiger partial charge in [0.1, 0.15) is 6.67 Å². The first-order valence-electron chi connectivity index (χ1n) is 7.30. The normalized spacial score (nSPS) is 10.3. The standard InChI is InChI=1S/C17H20FN3O/c1-13-5-4-6-14(8-11-20-17(22)21-12-9-18)16(13)15-7-2-3-10-19-15/h2-7,10H,8-9,11-12H2,1H3,(H2,20,21,22). The van der Waals surface area contributed by atoms with Crippen LogP contribution in [0.3, 0.4) is 0 Å². The second-order valence-corrected chi connectivity index (χ2v) is 4.95. The number of benzene rings is 1. The summed E-state index contributed by atoms with van der Waals surface area (Å²) < 4.78 is 12.0. The molecule has 116 valence electrons. The zero-order valence-electron chi connectivity index (χ0n) is 12.6. The van der Waals surface area contributed by atoms with Gasteiger partial charge in [-0.1, -0.05) is 24.3 Å². The fourth-order valence-electron chi connectivity index (χ4n) is 2.35. The predicted molar refractivity (Wildman–Crippen MR) is 85.5 cm³/mol. The molecule has 0 radical (unpaired) electrons. The van der Waals surface area contributed by atoms with Gasteiger partial charge in [0.2, 0.25) is 0 Å². The zero-order valence-corrected chi connectivity index (χ0v) is 12.6. The summed E-state index contributed by atoms with van der Waals surface area (Å²) in [5.41, 5.74) is 4.31. The summed E-state index contributed by atoms with van der Waals surface area (Å²) in [6.45, 7) is 2.01. The lowest BCUT2D eigenvalue weighted by Gasteiger charge is -2.13. The van der Waals surface area contributed by atoms with Crippen molar-refractivity contribution in [2.45, 2.75) is 13.3 Å². The lowest BCUT2D eigenvalue weighted by Crippen LogP contribution is -2.37. The molecular weight excluding hydrogens is 281 g/mol. The van der Waals surface area contributed by atoms with Gasteiger partial charge in [-0.25, -0.2) is 9.18 Å². The number of carbonyl (C=O) groups is 1. The van der Waals surface area contributed by atoms with Crippen molar-refractivity contribution < 1.29 is 9.18 Å². The van der Waals surface area contributed by atoms with E-state index in [9.17, 15) is 9.18 Å². The van der Waals surface area contributed by atoms with Gasteiger partial charge in [0.15, 0.2) is 0 Å². The third-order valence-corrected chi connectivity index (χ3v) is 3.34. The van der Waals surface area contributed by atoms with Crippen LogP contribution in [-0.2, 0) is 6.42 Å². The summed E-state index contributed by atoms with van der Waals surface area (Å²) in [5.74, 6) is 0. The first-order chi connectivity index (χ1) is 10.7. The molecule has 1 heterocycles. The Morgan fingerprint density at radius 2 is 1.95 bits per heavy atom. The number of halogens is 1. The van der Waals surface area contributed by atoms with Crippen LogP contribution < -0.4 is 10.6 Å². The Bertz CT molecular complexity index is 617.